The minimum absolute atomic E-state index is 0.0358. The van der Waals surface area contributed by atoms with Crippen LogP contribution in [-0.2, 0) is 9.53 Å². The number of rotatable bonds is 3. The fourth-order valence-corrected chi connectivity index (χ4v) is 1.57. The van der Waals surface area contributed by atoms with Gasteiger partial charge in [-0.3, -0.25) is 4.79 Å². The number of methoxy groups -OCH3 is 1. The Morgan fingerprint density at radius 3 is 2.54 bits per heavy atom. The van der Waals surface area contributed by atoms with Crippen LogP contribution in [-0.4, -0.2) is 18.3 Å². The summed E-state index contributed by atoms with van der Waals surface area (Å²) >= 11 is 1.21. The fourth-order valence-electron chi connectivity index (χ4n) is 0.784. The van der Waals surface area contributed by atoms with E-state index in [0.29, 0.717) is 0 Å². The van der Waals surface area contributed by atoms with Crippen molar-refractivity contribution < 1.29 is 9.53 Å². The van der Waals surface area contributed by atoms with Crippen molar-refractivity contribution in [3.8, 4) is 0 Å². The Morgan fingerprint density at radius 2 is 2.00 bits per heavy atom. The lowest BCUT2D eigenvalue weighted by atomic mass is 10.4. The second-order valence-corrected chi connectivity index (χ2v) is 3.69. The summed E-state index contributed by atoms with van der Waals surface area (Å²) in [7, 11) is 1.54. The Bertz CT molecular complexity index is 272. The van der Waals surface area contributed by atoms with E-state index in [9.17, 15) is 4.79 Å². The summed E-state index contributed by atoms with van der Waals surface area (Å²) in [4.78, 5) is 12.3. The maximum absolute atomic E-state index is 11.4. The molecule has 0 saturated carbocycles. The van der Waals surface area contributed by atoms with Gasteiger partial charge in [0.15, 0.2) is 0 Å². The van der Waals surface area contributed by atoms with Gasteiger partial charge in [0.2, 0.25) is 5.12 Å². The van der Waals surface area contributed by atoms with Gasteiger partial charge in [0.1, 0.15) is 6.10 Å². The highest BCUT2D eigenvalue weighted by Gasteiger charge is 2.12. The standard InChI is InChI=1S/C10H12O2S/c1-8(12-2)10(11)13-9-6-4-3-5-7-9/h3-8H,1-2H3. The number of hydrogen-bond acceptors (Lipinski definition) is 3. The molecule has 1 aromatic carbocycles. The Hall–Kier alpha value is -0.800. The largest absolute Gasteiger partial charge is 0.373 e. The molecule has 3 heteroatoms. The van der Waals surface area contributed by atoms with Crippen molar-refractivity contribution in [1.82, 2.24) is 0 Å². The van der Waals surface area contributed by atoms with Crippen molar-refractivity contribution >= 4 is 16.9 Å². The van der Waals surface area contributed by atoms with Crippen LogP contribution in [0.15, 0.2) is 35.2 Å². The molecule has 0 aromatic heterocycles. The summed E-state index contributed by atoms with van der Waals surface area (Å²) in [6.45, 7) is 1.75. The molecule has 0 amide bonds. The third-order valence-electron chi connectivity index (χ3n) is 1.65. The van der Waals surface area contributed by atoms with Gasteiger partial charge in [0.05, 0.1) is 0 Å². The maximum atomic E-state index is 11.4. The Morgan fingerprint density at radius 1 is 1.38 bits per heavy atom. The lowest BCUT2D eigenvalue weighted by Crippen LogP contribution is -2.14. The fraction of sp³-hybridized carbons (Fsp3) is 0.300. The molecule has 0 fully saturated rings. The van der Waals surface area contributed by atoms with E-state index in [2.05, 4.69) is 0 Å². The highest BCUT2D eigenvalue weighted by atomic mass is 32.2. The van der Waals surface area contributed by atoms with Crippen molar-refractivity contribution in [3.63, 3.8) is 0 Å². The van der Waals surface area contributed by atoms with Gasteiger partial charge >= 0.3 is 0 Å². The van der Waals surface area contributed by atoms with Crippen molar-refractivity contribution in [3.05, 3.63) is 30.3 Å². The first-order valence-electron chi connectivity index (χ1n) is 4.03. The van der Waals surface area contributed by atoms with Crippen LogP contribution in [0.3, 0.4) is 0 Å². The molecule has 13 heavy (non-hydrogen) atoms. The number of ether oxygens (including phenoxy) is 1. The van der Waals surface area contributed by atoms with Crippen molar-refractivity contribution in [1.29, 1.82) is 0 Å². The number of carbonyl (C=O) groups excluding carboxylic acids is 1. The highest BCUT2D eigenvalue weighted by molar-refractivity contribution is 8.13. The van der Waals surface area contributed by atoms with Gasteiger partial charge in [0.25, 0.3) is 0 Å². The molecule has 0 aliphatic rings. The van der Waals surface area contributed by atoms with E-state index >= 15 is 0 Å². The van der Waals surface area contributed by atoms with E-state index in [4.69, 9.17) is 4.74 Å². The Labute approximate surface area is 82.3 Å². The van der Waals surface area contributed by atoms with Crippen LogP contribution < -0.4 is 0 Å². The van der Waals surface area contributed by atoms with Gasteiger partial charge in [-0.2, -0.15) is 0 Å². The van der Waals surface area contributed by atoms with E-state index < -0.39 is 0 Å². The topological polar surface area (TPSA) is 26.3 Å². The molecule has 70 valence electrons. The van der Waals surface area contributed by atoms with Crippen LogP contribution in [0.25, 0.3) is 0 Å². The smallest absolute Gasteiger partial charge is 0.222 e. The molecule has 2 nitrogen and oxygen atoms in total. The van der Waals surface area contributed by atoms with Crippen LogP contribution in [0, 0.1) is 0 Å². The number of carbonyl (C=O) groups is 1. The first kappa shape index (κ1) is 10.3. The molecular formula is C10H12O2S. The average Bonchev–Trinajstić information content (AvgIpc) is 2.18. The third kappa shape index (κ3) is 3.20. The van der Waals surface area contributed by atoms with Gasteiger partial charge in [-0.25, -0.2) is 0 Å². The third-order valence-corrected chi connectivity index (χ3v) is 2.69. The molecule has 0 N–H and O–H groups in total. The molecule has 0 radical (unpaired) electrons. The van der Waals surface area contributed by atoms with E-state index in [-0.39, 0.29) is 11.2 Å². The lowest BCUT2D eigenvalue weighted by Gasteiger charge is -2.06. The van der Waals surface area contributed by atoms with Gasteiger partial charge in [0, 0.05) is 12.0 Å². The molecular weight excluding hydrogens is 184 g/mol. The van der Waals surface area contributed by atoms with Crippen molar-refractivity contribution in [2.24, 2.45) is 0 Å². The normalized spacial score (nSPS) is 12.5. The molecule has 0 spiro atoms. The molecule has 1 aromatic rings. The minimum Gasteiger partial charge on any atom is -0.373 e. The van der Waals surface area contributed by atoms with E-state index in [0.717, 1.165) is 4.90 Å². The lowest BCUT2D eigenvalue weighted by molar-refractivity contribution is -0.118. The number of hydrogen-bond donors (Lipinski definition) is 0. The summed E-state index contributed by atoms with van der Waals surface area (Å²) in [5, 5.41) is 0.0358. The predicted molar refractivity (Wildman–Crippen MR) is 53.8 cm³/mol. The van der Waals surface area contributed by atoms with E-state index in [1.807, 2.05) is 30.3 Å². The molecule has 0 aliphatic carbocycles. The molecule has 0 aliphatic heterocycles. The Kier molecular flexibility index (Phi) is 3.99. The molecule has 1 unspecified atom stereocenters. The van der Waals surface area contributed by atoms with Gasteiger partial charge in [-0.1, -0.05) is 18.2 Å². The molecule has 0 heterocycles. The monoisotopic (exact) mass is 196 g/mol. The van der Waals surface area contributed by atoms with Crippen LogP contribution in [0.2, 0.25) is 0 Å². The minimum atomic E-state index is -0.342. The van der Waals surface area contributed by atoms with Crippen LogP contribution >= 0.6 is 11.8 Å². The quantitative estimate of drug-likeness (QED) is 0.694. The van der Waals surface area contributed by atoms with Crippen LogP contribution in [0.1, 0.15) is 6.92 Å². The zero-order valence-corrected chi connectivity index (χ0v) is 8.51. The van der Waals surface area contributed by atoms with Crippen molar-refractivity contribution in [2.75, 3.05) is 7.11 Å². The Balaban J connectivity index is 2.55. The summed E-state index contributed by atoms with van der Waals surface area (Å²) in [5.74, 6) is 0. The molecule has 1 atom stereocenters. The number of thioether (sulfide) groups is 1. The molecule has 0 saturated heterocycles. The summed E-state index contributed by atoms with van der Waals surface area (Å²) in [6.07, 6.45) is -0.342. The molecule has 1 rings (SSSR count). The summed E-state index contributed by atoms with van der Waals surface area (Å²) in [5.41, 5.74) is 0. The van der Waals surface area contributed by atoms with Crippen LogP contribution in [0.5, 0.6) is 0 Å². The van der Waals surface area contributed by atoms with Gasteiger partial charge < -0.3 is 4.74 Å². The van der Waals surface area contributed by atoms with Gasteiger partial charge in [-0.15, -0.1) is 0 Å². The SMILES string of the molecule is COC(C)C(=O)Sc1ccccc1. The average molecular weight is 196 g/mol. The zero-order chi connectivity index (χ0) is 9.68. The van der Waals surface area contributed by atoms with Gasteiger partial charge in [-0.05, 0) is 30.8 Å². The van der Waals surface area contributed by atoms with Crippen LogP contribution in [0.4, 0.5) is 0 Å². The number of benzene rings is 1. The first-order valence-corrected chi connectivity index (χ1v) is 4.85. The zero-order valence-electron chi connectivity index (χ0n) is 7.69. The first-order chi connectivity index (χ1) is 6.24. The van der Waals surface area contributed by atoms with E-state index in [1.54, 1.807) is 6.92 Å². The summed E-state index contributed by atoms with van der Waals surface area (Å²) in [6, 6.07) is 9.56. The molecule has 0 bridgehead atoms. The predicted octanol–water partition coefficient (Wildman–Crippen LogP) is 2.34. The second kappa shape index (κ2) is 5.04. The maximum Gasteiger partial charge on any atom is 0.222 e. The van der Waals surface area contributed by atoms with E-state index in [1.165, 1.54) is 18.9 Å². The summed E-state index contributed by atoms with van der Waals surface area (Å²) < 4.78 is 4.91. The highest BCUT2D eigenvalue weighted by Crippen LogP contribution is 2.19. The van der Waals surface area contributed by atoms with Crippen molar-refractivity contribution in [2.45, 2.75) is 17.9 Å². The second-order valence-electron chi connectivity index (χ2n) is 2.61.